The number of ether oxygens (including phenoxy) is 1. The molecule has 0 aliphatic rings. The van der Waals surface area contributed by atoms with Crippen molar-refractivity contribution in [2.24, 2.45) is 0 Å². The van der Waals surface area contributed by atoms with Crippen LogP contribution in [-0.2, 0) is 11.3 Å². The molecule has 84 valence electrons. The van der Waals surface area contributed by atoms with Gasteiger partial charge in [0.1, 0.15) is 5.15 Å². The zero-order chi connectivity index (χ0) is 11.1. The van der Waals surface area contributed by atoms with E-state index in [1.54, 1.807) is 6.20 Å². The molecule has 1 heterocycles. The average Bonchev–Trinajstić information content (AvgIpc) is 2.20. The Kier molecular flexibility index (Phi) is 5.61. The second kappa shape index (κ2) is 6.77. The molecule has 4 heteroatoms. The zero-order valence-corrected chi connectivity index (χ0v) is 9.92. The highest BCUT2D eigenvalue weighted by Gasteiger charge is 1.99. The van der Waals surface area contributed by atoms with E-state index in [0.717, 1.165) is 25.3 Å². The van der Waals surface area contributed by atoms with Crippen molar-refractivity contribution >= 4 is 11.6 Å². The Bertz CT molecular complexity index is 292. The molecule has 0 unspecified atom stereocenters. The smallest absolute Gasteiger partial charge is 0.133 e. The molecule has 1 rings (SSSR count). The highest BCUT2D eigenvalue weighted by Crippen LogP contribution is 2.10. The van der Waals surface area contributed by atoms with Crippen LogP contribution in [0.5, 0.6) is 0 Å². The van der Waals surface area contributed by atoms with Crippen LogP contribution in [0.15, 0.2) is 18.3 Å². The molecule has 0 bridgehead atoms. The Morgan fingerprint density at radius 2 is 2.33 bits per heavy atom. The third kappa shape index (κ3) is 5.11. The van der Waals surface area contributed by atoms with Crippen LogP contribution in [0.2, 0.25) is 5.15 Å². The molecule has 0 atom stereocenters. The minimum Gasteiger partial charge on any atom is -0.377 e. The molecule has 1 aromatic rings. The van der Waals surface area contributed by atoms with E-state index < -0.39 is 0 Å². The Balaban J connectivity index is 2.18. The molecule has 0 radical (unpaired) electrons. The summed E-state index contributed by atoms with van der Waals surface area (Å²) in [6.07, 6.45) is 1.97. The maximum atomic E-state index is 5.91. The van der Waals surface area contributed by atoms with E-state index >= 15 is 0 Å². The van der Waals surface area contributed by atoms with Gasteiger partial charge in [0.25, 0.3) is 0 Å². The minimum absolute atomic E-state index is 0.286. The lowest BCUT2D eigenvalue weighted by molar-refractivity contribution is 0.0807. The van der Waals surface area contributed by atoms with Crippen molar-refractivity contribution < 1.29 is 4.74 Å². The summed E-state index contributed by atoms with van der Waals surface area (Å²) >= 11 is 5.91. The van der Waals surface area contributed by atoms with Crippen molar-refractivity contribution in [3.63, 3.8) is 0 Å². The first kappa shape index (κ1) is 12.4. The van der Waals surface area contributed by atoms with Gasteiger partial charge in [0, 0.05) is 24.8 Å². The van der Waals surface area contributed by atoms with E-state index in [-0.39, 0.29) is 6.10 Å². The number of nitrogens with one attached hydrogen (secondary N) is 1. The van der Waals surface area contributed by atoms with Gasteiger partial charge in [-0.15, -0.1) is 0 Å². The van der Waals surface area contributed by atoms with Gasteiger partial charge in [-0.05, 0) is 19.9 Å². The zero-order valence-electron chi connectivity index (χ0n) is 9.16. The van der Waals surface area contributed by atoms with Crippen molar-refractivity contribution in [2.45, 2.75) is 26.5 Å². The number of hydrogen-bond donors (Lipinski definition) is 1. The van der Waals surface area contributed by atoms with Gasteiger partial charge in [0.15, 0.2) is 0 Å². The molecule has 0 fully saturated rings. The van der Waals surface area contributed by atoms with Crippen LogP contribution in [0.4, 0.5) is 0 Å². The lowest BCUT2D eigenvalue weighted by Gasteiger charge is -2.08. The molecule has 0 aliphatic carbocycles. The van der Waals surface area contributed by atoms with E-state index in [9.17, 15) is 0 Å². The first-order chi connectivity index (χ1) is 7.20. The maximum absolute atomic E-state index is 5.91. The molecular weight excluding hydrogens is 212 g/mol. The number of pyridine rings is 1. The second-order valence-electron chi connectivity index (χ2n) is 3.55. The lowest BCUT2D eigenvalue weighted by atomic mass is 10.3. The second-order valence-corrected chi connectivity index (χ2v) is 3.91. The molecule has 1 N–H and O–H groups in total. The van der Waals surface area contributed by atoms with Gasteiger partial charge in [0.05, 0.1) is 12.7 Å². The summed E-state index contributed by atoms with van der Waals surface area (Å²) in [5, 5.41) is 3.81. The predicted octanol–water partition coefficient (Wildman–Crippen LogP) is 2.25. The third-order valence-electron chi connectivity index (χ3n) is 1.88. The Morgan fingerprint density at radius 3 is 3.00 bits per heavy atom. The van der Waals surface area contributed by atoms with Crippen molar-refractivity contribution in [2.75, 3.05) is 13.2 Å². The van der Waals surface area contributed by atoms with Crippen LogP contribution in [0, 0.1) is 0 Å². The fourth-order valence-electron chi connectivity index (χ4n) is 1.14. The Labute approximate surface area is 95.8 Å². The average molecular weight is 229 g/mol. The summed E-state index contributed by atoms with van der Waals surface area (Å²) < 4.78 is 5.40. The summed E-state index contributed by atoms with van der Waals surface area (Å²) in [5.74, 6) is 0. The molecule has 0 amide bonds. The summed E-state index contributed by atoms with van der Waals surface area (Å²) in [5.41, 5.74) is 1.02. The first-order valence-corrected chi connectivity index (χ1v) is 5.49. The number of rotatable bonds is 6. The van der Waals surface area contributed by atoms with Gasteiger partial charge in [-0.1, -0.05) is 17.7 Å². The number of hydrogen-bond acceptors (Lipinski definition) is 3. The van der Waals surface area contributed by atoms with Crippen LogP contribution >= 0.6 is 11.6 Å². The highest BCUT2D eigenvalue weighted by molar-refractivity contribution is 6.30. The third-order valence-corrected chi connectivity index (χ3v) is 2.22. The normalized spacial score (nSPS) is 10.9. The molecule has 0 saturated carbocycles. The minimum atomic E-state index is 0.286. The fraction of sp³-hybridized carbons (Fsp3) is 0.545. The summed E-state index contributed by atoms with van der Waals surface area (Å²) in [6, 6.07) is 3.85. The SMILES string of the molecule is CC(C)OCCNCc1cccnc1Cl. The molecule has 1 aromatic heterocycles. The quantitative estimate of drug-likeness (QED) is 0.599. The largest absolute Gasteiger partial charge is 0.377 e. The maximum Gasteiger partial charge on any atom is 0.133 e. The van der Waals surface area contributed by atoms with Crippen LogP contribution in [0.25, 0.3) is 0 Å². The molecule has 0 spiro atoms. The van der Waals surface area contributed by atoms with Gasteiger partial charge in [-0.25, -0.2) is 4.98 Å². The van der Waals surface area contributed by atoms with E-state index in [0.29, 0.717) is 5.15 Å². The molecule has 3 nitrogen and oxygen atoms in total. The van der Waals surface area contributed by atoms with E-state index in [2.05, 4.69) is 10.3 Å². The lowest BCUT2D eigenvalue weighted by Crippen LogP contribution is -2.21. The Hall–Kier alpha value is -0.640. The van der Waals surface area contributed by atoms with Crippen molar-refractivity contribution in [1.29, 1.82) is 0 Å². The Morgan fingerprint density at radius 1 is 1.53 bits per heavy atom. The first-order valence-electron chi connectivity index (χ1n) is 5.12. The van der Waals surface area contributed by atoms with E-state index in [1.807, 2.05) is 26.0 Å². The number of halogens is 1. The number of nitrogens with zero attached hydrogens (tertiary/aromatic N) is 1. The molecule has 0 aliphatic heterocycles. The molecule has 0 aromatic carbocycles. The standard InChI is InChI=1S/C11H17ClN2O/c1-9(2)15-7-6-13-8-10-4-3-5-14-11(10)12/h3-5,9,13H,6-8H2,1-2H3. The van der Waals surface area contributed by atoms with Crippen molar-refractivity contribution in [3.05, 3.63) is 29.0 Å². The van der Waals surface area contributed by atoms with Crippen LogP contribution in [0.3, 0.4) is 0 Å². The van der Waals surface area contributed by atoms with Crippen LogP contribution < -0.4 is 5.32 Å². The van der Waals surface area contributed by atoms with E-state index in [1.165, 1.54) is 0 Å². The monoisotopic (exact) mass is 228 g/mol. The van der Waals surface area contributed by atoms with E-state index in [4.69, 9.17) is 16.3 Å². The predicted molar refractivity (Wildman–Crippen MR) is 62.0 cm³/mol. The van der Waals surface area contributed by atoms with Crippen molar-refractivity contribution in [3.8, 4) is 0 Å². The van der Waals surface area contributed by atoms with Crippen LogP contribution in [-0.4, -0.2) is 24.2 Å². The highest BCUT2D eigenvalue weighted by atomic mass is 35.5. The van der Waals surface area contributed by atoms with Gasteiger partial charge in [0.2, 0.25) is 0 Å². The summed E-state index contributed by atoms with van der Waals surface area (Å²) in [7, 11) is 0. The summed E-state index contributed by atoms with van der Waals surface area (Å²) in [6.45, 7) is 6.32. The van der Waals surface area contributed by atoms with Crippen LogP contribution in [0.1, 0.15) is 19.4 Å². The summed E-state index contributed by atoms with van der Waals surface area (Å²) in [4.78, 5) is 4.00. The molecule has 0 saturated heterocycles. The topological polar surface area (TPSA) is 34.1 Å². The van der Waals surface area contributed by atoms with Gasteiger partial charge in [-0.3, -0.25) is 0 Å². The molecule has 15 heavy (non-hydrogen) atoms. The van der Waals surface area contributed by atoms with Gasteiger partial charge >= 0.3 is 0 Å². The number of aromatic nitrogens is 1. The molecular formula is C11H17ClN2O. The van der Waals surface area contributed by atoms with Crippen molar-refractivity contribution in [1.82, 2.24) is 10.3 Å². The van der Waals surface area contributed by atoms with Gasteiger partial charge in [-0.2, -0.15) is 0 Å². The van der Waals surface area contributed by atoms with Gasteiger partial charge < -0.3 is 10.1 Å². The fourth-order valence-corrected chi connectivity index (χ4v) is 1.33.